The summed E-state index contributed by atoms with van der Waals surface area (Å²) in [4.78, 5) is 3.97. The van der Waals surface area contributed by atoms with Crippen LogP contribution >= 0.6 is 0 Å². The van der Waals surface area contributed by atoms with Crippen LogP contribution in [0, 0.1) is 0 Å². The van der Waals surface area contributed by atoms with Crippen LogP contribution in [0.15, 0.2) is 36.7 Å². The van der Waals surface area contributed by atoms with E-state index < -0.39 is 0 Å². The highest BCUT2D eigenvalue weighted by Crippen LogP contribution is 2.14. The highest BCUT2D eigenvalue weighted by atomic mass is 15.1. The Balaban J connectivity index is 2.13. The van der Waals surface area contributed by atoms with Crippen molar-refractivity contribution in [3.8, 4) is 11.3 Å². The Morgan fingerprint density at radius 1 is 1.00 bits per heavy atom. The molecule has 0 spiro atoms. The van der Waals surface area contributed by atoms with Crippen molar-refractivity contribution in [3.05, 3.63) is 42.4 Å². The van der Waals surface area contributed by atoms with Crippen molar-refractivity contribution in [1.82, 2.24) is 15.2 Å². The smallest absolute Gasteiger partial charge is 0.0930 e. The van der Waals surface area contributed by atoms with Gasteiger partial charge in [0.25, 0.3) is 0 Å². The van der Waals surface area contributed by atoms with Crippen LogP contribution in [0.2, 0.25) is 0 Å². The number of aryl methyl sites for hydroxylation is 1. The van der Waals surface area contributed by atoms with Gasteiger partial charge in [0.1, 0.15) is 0 Å². The zero-order valence-electron chi connectivity index (χ0n) is 9.00. The number of rotatable bonds is 4. The van der Waals surface area contributed by atoms with Crippen molar-refractivity contribution in [1.29, 1.82) is 0 Å². The lowest BCUT2D eigenvalue weighted by Gasteiger charge is -2.01. The van der Waals surface area contributed by atoms with Crippen molar-refractivity contribution < 1.29 is 0 Å². The number of nitrogens with zero attached hydrogens (tertiary/aromatic N) is 3. The molecule has 2 N–H and O–H groups in total. The second-order valence-electron chi connectivity index (χ2n) is 3.54. The molecule has 4 nitrogen and oxygen atoms in total. The lowest BCUT2D eigenvalue weighted by Crippen LogP contribution is -2.02. The Labute approximate surface area is 94.6 Å². The minimum atomic E-state index is 0.688. The lowest BCUT2D eigenvalue weighted by molar-refractivity contribution is 0.789. The first-order chi connectivity index (χ1) is 7.90. The number of aromatic nitrogens is 3. The van der Waals surface area contributed by atoms with E-state index in [-0.39, 0.29) is 0 Å². The molecule has 16 heavy (non-hydrogen) atoms. The van der Waals surface area contributed by atoms with Crippen LogP contribution in [0.5, 0.6) is 0 Å². The SMILES string of the molecule is NCCCc1ccc(-c2ccncc2)nn1. The number of nitrogens with two attached hydrogens (primary N) is 1. The molecule has 82 valence electrons. The molecule has 4 heteroatoms. The molecule has 2 aromatic rings. The fourth-order valence-corrected chi connectivity index (χ4v) is 1.45. The summed E-state index contributed by atoms with van der Waals surface area (Å²) in [7, 11) is 0. The van der Waals surface area contributed by atoms with Crippen molar-refractivity contribution in [2.24, 2.45) is 5.73 Å². The molecule has 0 saturated heterocycles. The molecule has 0 aliphatic carbocycles. The largest absolute Gasteiger partial charge is 0.330 e. The predicted molar refractivity (Wildman–Crippen MR) is 62.6 cm³/mol. The summed E-state index contributed by atoms with van der Waals surface area (Å²) >= 11 is 0. The van der Waals surface area contributed by atoms with Crippen LogP contribution in [-0.4, -0.2) is 21.7 Å². The predicted octanol–water partition coefficient (Wildman–Crippen LogP) is 1.43. The Bertz CT molecular complexity index is 425. The van der Waals surface area contributed by atoms with E-state index >= 15 is 0 Å². The summed E-state index contributed by atoms with van der Waals surface area (Å²) in [6.45, 7) is 0.688. The molecule has 0 atom stereocenters. The van der Waals surface area contributed by atoms with E-state index in [1.54, 1.807) is 12.4 Å². The van der Waals surface area contributed by atoms with Crippen LogP contribution in [0.3, 0.4) is 0 Å². The maximum absolute atomic E-state index is 5.44. The zero-order chi connectivity index (χ0) is 11.2. The van der Waals surface area contributed by atoms with Crippen LogP contribution in [0.1, 0.15) is 12.1 Å². The second-order valence-corrected chi connectivity index (χ2v) is 3.54. The molecule has 2 rings (SSSR count). The maximum atomic E-state index is 5.44. The zero-order valence-corrected chi connectivity index (χ0v) is 9.00. The molecule has 0 radical (unpaired) electrons. The monoisotopic (exact) mass is 214 g/mol. The van der Waals surface area contributed by atoms with Crippen LogP contribution in [-0.2, 0) is 6.42 Å². The minimum Gasteiger partial charge on any atom is -0.330 e. The molecular weight excluding hydrogens is 200 g/mol. The van der Waals surface area contributed by atoms with Crippen molar-refractivity contribution in [2.75, 3.05) is 6.54 Å². The van der Waals surface area contributed by atoms with Gasteiger partial charge in [0.05, 0.1) is 11.4 Å². The highest BCUT2D eigenvalue weighted by Gasteiger charge is 2.00. The lowest BCUT2D eigenvalue weighted by atomic mass is 10.1. The summed E-state index contributed by atoms with van der Waals surface area (Å²) in [6, 6.07) is 7.82. The van der Waals surface area contributed by atoms with E-state index in [0.29, 0.717) is 6.54 Å². The van der Waals surface area contributed by atoms with Gasteiger partial charge in [-0.1, -0.05) is 0 Å². The Kier molecular flexibility index (Phi) is 3.56. The first-order valence-electron chi connectivity index (χ1n) is 5.33. The molecule has 0 amide bonds. The molecule has 0 aliphatic rings. The van der Waals surface area contributed by atoms with Crippen LogP contribution < -0.4 is 5.73 Å². The van der Waals surface area contributed by atoms with Crippen molar-refractivity contribution in [2.45, 2.75) is 12.8 Å². The second kappa shape index (κ2) is 5.32. The van der Waals surface area contributed by atoms with Gasteiger partial charge in [0, 0.05) is 18.0 Å². The minimum absolute atomic E-state index is 0.688. The third kappa shape index (κ3) is 2.61. The third-order valence-electron chi connectivity index (χ3n) is 2.33. The van der Waals surface area contributed by atoms with Gasteiger partial charge in [-0.15, -0.1) is 0 Å². The summed E-state index contributed by atoms with van der Waals surface area (Å²) < 4.78 is 0. The molecule has 0 aromatic carbocycles. The van der Waals surface area contributed by atoms with E-state index in [0.717, 1.165) is 29.8 Å². The first-order valence-corrected chi connectivity index (χ1v) is 5.33. The van der Waals surface area contributed by atoms with Crippen LogP contribution in [0.4, 0.5) is 0 Å². The summed E-state index contributed by atoms with van der Waals surface area (Å²) in [6.07, 6.45) is 5.34. The number of pyridine rings is 1. The first kappa shape index (κ1) is 10.7. The van der Waals surface area contributed by atoms with Gasteiger partial charge in [0.15, 0.2) is 0 Å². The van der Waals surface area contributed by atoms with Gasteiger partial charge in [-0.2, -0.15) is 10.2 Å². The molecule has 0 bridgehead atoms. The molecule has 0 fully saturated rings. The normalized spacial score (nSPS) is 10.3. The van der Waals surface area contributed by atoms with Crippen molar-refractivity contribution in [3.63, 3.8) is 0 Å². The molecule has 0 saturated carbocycles. The van der Waals surface area contributed by atoms with E-state index in [9.17, 15) is 0 Å². The number of hydrogen-bond donors (Lipinski definition) is 1. The van der Waals surface area contributed by atoms with Crippen molar-refractivity contribution >= 4 is 0 Å². The number of hydrogen-bond acceptors (Lipinski definition) is 4. The van der Waals surface area contributed by atoms with Gasteiger partial charge >= 0.3 is 0 Å². The molecule has 0 aliphatic heterocycles. The van der Waals surface area contributed by atoms with Gasteiger partial charge in [-0.25, -0.2) is 0 Å². The topological polar surface area (TPSA) is 64.7 Å². The fraction of sp³-hybridized carbons (Fsp3) is 0.250. The summed E-state index contributed by atoms with van der Waals surface area (Å²) in [5.74, 6) is 0. The quantitative estimate of drug-likeness (QED) is 0.836. The molecule has 2 heterocycles. The standard InChI is InChI=1S/C12H14N4/c13-7-1-2-11-3-4-12(16-15-11)10-5-8-14-9-6-10/h3-6,8-9H,1-2,7,13H2. The van der Waals surface area contributed by atoms with Crippen LogP contribution in [0.25, 0.3) is 11.3 Å². The van der Waals surface area contributed by atoms with E-state index in [4.69, 9.17) is 5.73 Å². The Morgan fingerprint density at radius 3 is 2.44 bits per heavy atom. The van der Waals surface area contributed by atoms with E-state index in [1.165, 1.54) is 0 Å². The average molecular weight is 214 g/mol. The fourth-order valence-electron chi connectivity index (χ4n) is 1.45. The summed E-state index contributed by atoms with van der Waals surface area (Å²) in [5.41, 5.74) is 8.34. The molecular formula is C12H14N4. The Hall–Kier alpha value is -1.81. The van der Waals surface area contributed by atoms with Gasteiger partial charge < -0.3 is 5.73 Å². The third-order valence-corrected chi connectivity index (χ3v) is 2.33. The molecule has 2 aromatic heterocycles. The summed E-state index contributed by atoms with van der Waals surface area (Å²) in [5, 5.41) is 8.35. The molecule has 0 unspecified atom stereocenters. The van der Waals surface area contributed by atoms with Gasteiger partial charge in [-0.05, 0) is 43.7 Å². The Morgan fingerprint density at radius 2 is 1.81 bits per heavy atom. The average Bonchev–Trinajstić information content (AvgIpc) is 2.38. The maximum Gasteiger partial charge on any atom is 0.0930 e. The highest BCUT2D eigenvalue weighted by molar-refractivity contribution is 5.57. The van der Waals surface area contributed by atoms with Gasteiger partial charge in [0.2, 0.25) is 0 Å². The van der Waals surface area contributed by atoms with E-state index in [2.05, 4.69) is 15.2 Å². The van der Waals surface area contributed by atoms with Gasteiger partial charge in [-0.3, -0.25) is 4.98 Å². The van der Waals surface area contributed by atoms with E-state index in [1.807, 2.05) is 24.3 Å².